The maximum absolute atomic E-state index is 10.9. The van der Waals surface area contributed by atoms with Crippen molar-refractivity contribution in [3.63, 3.8) is 0 Å². The molecular formula is C12H11NO3. The maximum atomic E-state index is 10.9. The van der Waals surface area contributed by atoms with Crippen LogP contribution in [0, 0.1) is 6.92 Å². The van der Waals surface area contributed by atoms with E-state index in [1.165, 1.54) is 5.56 Å². The largest absolute Gasteiger partial charge is 0.510 e. The zero-order valence-electron chi connectivity index (χ0n) is 8.84. The Morgan fingerprint density at radius 1 is 1.38 bits per heavy atom. The van der Waals surface area contributed by atoms with Gasteiger partial charge in [0.1, 0.15) is 0 Å². The fourth-order valence-corrected chi connectivity index (χ4v) is 1.99. The molecule has 0 bridgehead atoms. The van der Waals surface area contributed by atoms with Crippen LogP contribution in [0.4, 0.5) is 4.79 Å². The fourth-order valence-electron chi connectivity index (χ4n) is 1.99. The van der Waals surface area contributed by atoms with Crippen molar-refractivity contribution in [2.45, 2.75) is 13.2 Å². The van der Waals surface area contributed by atoms with Crippen molar-refractivity contribution in [3.05, 3.63) is 36.0 Å². The third kappa shape index (κ3) is 1.34. The molecule has 3 rings (SSSR count). The van der Waals surface area contributed by atoms with Gasteiger partial charge in [-0.25, -0.2) is 4.79 Å². The van der Waals surface area contributed by atoms with E-state index in [4.69, 9.17) is 9.47 Å². The average molecular weight is 217 g/mol. The fraction of sp³-hybridized carbons (Fsp3) is 0.250. The highest BCUT2D eigenvalue weighted by Crippen LogP contribution is 2.25. The van der Waals surface area contributed by atoms with E-state index in [1.807, 2.05) is 29.0 Å². The predicted octanol–water partition coefficient (Wildman–Crippen LogP) is 2.62. The number of rotatable bonds is 1. The first-order valence-corrected chi connectivity index (χ1v) is 5.15. The Bertz CT molecular complexity index is 558. The average Bonchev–Trinajstić information content (AvgIpc) is 2.83. The summed E-state index contributed by atoms with van der Waals surface area (Å²) in [5.74, 6) is 0. The molecule has 1 fully saturated rings. The second kappa shape index (κ2) is 3.27. The molecule has 0 N–H and O–H groups in total. The lowest BCUT2D eigenvalue weighted by Crippen LogP contribution is -2.09. The van der Waals surface area contributed by atoms with Crippen LogP contribution in [0.3, 0.4) is 0 Å². The number of hydrogen-bond acceptors (Lipinski definition) is 3. The van der Waals surface area contributed by atoms with Crippen LogP contribution in [0.25, 0.3) is 10.9 Å². The first-order chi connectivity index (χ1) is 7.74. The molecule has 82 valence electrons. The number of ether oxygens (including phenoxy) is 2. The van der Waals surface area contributed by atoms with Gasteiger partial charge in [0.25, 0.3) is 0 Å². The minimum Gasteiger partial charge on any atom is -0.428 e. The second-order valence-electron chi connectivity index (χ2n) is 3.92. The Kier molecular flexibility index (Phi) is 1.89. The van der Waals surface area contributed by atoms with Gasteiger partial charge < -0.3 is 14.0 Å². The number of carbonyl (C=O) groups excluding carboxylic acids is 1. The molecule has 1 aromatic carbocycles. The quantitative estimate of drug-likeness (QED) is 0.689. The van der Waals surface area contributed by atoms with Gasteiger partial charge >= 0.3 is 6.16 Å². The van der Waals surface area contributed by atoms with Gasteiger partial charge in [-0.1, -0.05) is 11.6 Å². The van der Waals surface area contributed by atoms with Crippen LogP contribution in [0.1, 0.15) is 11.8 Å². The molecule has 1 unspecified atom stereocenters. The van der Waals surface area contributed by atoms with Crippen LogP contribution < -0.4 is 0 Å². The summed E-state index contributed by atoms with van der Waals surface area (Å²) in [6.45, 7) is 2.33. The molecule has 1 saturated heterocycles. The Balaban J connectivity index is 2.07. The summed E-state index contributed by atoms with van der Waals surface area (Å²) < 4.78 is 11.7. The molecule has 1 atom stereocenters. The topological polar surface area (TPSA) is 40.5 Å². The summed E-state index contributed by atoms with van der Waals surface area (Å²) in [6.07, 6.45) is 0.975. The van der Waals surface area contributed by atoms with Gasteiger partial charge in [-0.3, -0.25) is 0 Å². The highest BCUT2D eigenvalue weighted by atomic mass is 16.8. The standard InChI is InChI=1S/C12H11NO3/c1-8-2-3-10-9(6-8)4-5-13(10)11-7-15-12(14)16-11/h2-6,11H,7H2,1H3. The van der Waals surface area contributed by atoms with E-state index in [0.29, 0.717) is 0 Å². The molecule has 4 nitrogen and oxygen atoms in total. The summed E-state index contributed by atoms with van der Waals surface area (Å²) >= 11 is 0. The maximum Gasteiger partial charge on any atom is 0.510 e. The first-order valence-electron chi connectivity index (χ1n) is 5.15. The number of aryl methyl sites for hydroxylation is 1. The highest BCUT2D eigenvalue weighted by molar-refractivity contribution is 5.81. The van der Waals surface area contributed by atoms with Crippen LogP contribution in [-0.4, -0.2) is 17.3 Å². The van der Waals surface area contributed by atoms with E-state index in [2.05, 4.69) is 13.0 Å². The van der Waals surface area contributed by atoms with Crippen molar-refractivity contribution in [3.8, 4) is 0 Å². The van der Waals surface area contributed by atoms with E-state index in [-0.39, 0.29) is 12.8 Å². The minimum absolute atomic E-state index is 0.274. The number of fused-ring (bicyclic) bond motifs is 1. The van der Waals surface area contributed by atoms with Gasteiger partial charge in [0.2, 0.25) is 6.23 Å². The van der Waals surface area contributed by atoms with E-state index < -0.39 is 6.16 Å². The summed E-state index contributed by atoms with van der Waals surface area (Å²) in [5, 5.41) is 1.14. The Morgan fingerprint density at radius 2 is 2.25 bits per heavy atom. The van der Waals surface area contributed by atoms with Crippen LogP contribution in [0.5, 0.6) is 0 Å². The number of carbonyl (C=O) groups is 1. The summed E-state index contributed by atoms with van der Waals surface area (Å²) in [4.78, 5) is 10.9. The Morgan fingerprint density at radius 3 is 3.00 bits per heavy atom. The molecule has 0 spiro atoms. The summed E-state index contributed by atoms with van der Waals surface area (Å²) in [6, 6.07) is 8.17. The van der Waals surface area contributed by atoms with Gasteiger partial charge in [-0.15, -0.1) is 0 Å². The third-order valence-electron chi connectivity index (χ3n) is 2.76. The van der Waals surface area contributed by atoms with Crippen LogP contribution in [-0.2, 0) is 9.47 Å². The van der Waals surface area contributed by atoms with Crippen LogP contribution in [0.15, 0.2) is 30.5 Å². The minimum atomic E-state index is -0.598. The lowest BCUT2D eigenvalue weighted by atomic mass is 10.2. The van der Waals surface area contributed by atoms with Gasteiger partial charge in [0.15, 0.2) is 6.61 Å². The van der Waals surface area contributed by atoms with E-state index in [1.54, 1.807) is 0 Å². The van der Waals surface area contributed by atoms with Crippen molar-refractivity contribution < 1.29 is 14.3 Å². The smallest absolute Gasteiger partial charge is 0.428 e. The number of nitrogens with zero attached hydrogens (tertiary/aromatic N) is 1. The van der Waals surface area contributed by atoms with E-state index >= 15 is 0 Å². The van der Waals surface area contributed by atoms with Gasteiger partial charge in [0.05, 0.1) is 5.52 Å². The second-order valence-corrected chi connectivity index (χ2v) is 3.92. The molecule has 2 aromatic rings. The monoisotopic (exact) mass is 217 g/mol. The number of aromatic nitrogens is 1. The van der Waals surface area contributed by atoms with Gasteiger partial charge in [0, 0.05) is 6.20 Å². The molecule has 0 amide bonds. The number of cyclic esters (lactones) is 2. The van der Waals surface area contributed by atoms with Gasteiger partial charge in [-0.2, -0.15) is 0 Å². The first kappa shape index (κ1) is 9.27. The number of hydrogen-bond donors (Lipinski definition) is 0. The summed E-state index contributed by atoms with van der Waals surface area (Å²) in [7, 11) is 0. The molecule has 1 aliphatic rings. The Labute approximate surface area is 92.4 Å². The predicted molar refractivity (Wildman–Crippen MR) is 58.1 cm³/mol. The summed E-state index contributed by atoms with van der Waals surface area (Å²) in [5.41, 5.74) is 2.26. The van der Waals surface area contributed by atoms with Crippen molar-refractivity contribution in [1.82, 2.24) is 4.57 Å². The normalized spacial score (nSPS) is 19.8. The molecule has 0 radical (unpaired) electrons. The molecule has 0 aliphatic carbocycles. The van der Waals surface area contributed by atoms with Crippen molar-refractivity contribution in [2.75, 3.05) is 6.61 Å². The molecule has 4 heteroatoms. The number of benzene rings is 1. The highest BCUT2D eigenvalue weighted by Gasteiger charge is 2.26. The zero-order valence-corrected chi connectivity index (χ0v) is 8.84. The molecule has 1 aromatic heterocycles. The van der Waals surface area contributed by atoms with Crippen molar-refractivity contribution in [1.29, 1.82) is 0 Å². The van der Waals surface area contributed by atoms with E-state index in [9.17, 15) is 4.79 Å². The molecule has 0 saturated carbocycles. The van der Waals surface area contributed by atoms with Crippen molar-refractivity contribution >= 4 is 17.1 Å². The van der Waals surface area contributed by atoms with E-state index in [0.717, 1.165) is 10.9 Å². The van der Waals surface area contributed by atoms with Crippen LogP contribution >= 0.6 is 0 Å². The lowest BCUT2D eigenvalue weighted by molar-refractivity contribution is 0.0979. The molecule has 2 heterocycles. The van der Waals surface area contributed by atoms with Crippen LogP contribution in [0.2, 0.25) is 0 Å². The molecule has 16 heavy (non-hydrogen) atoms. The van der Waals surface area contributed by atoms with Crippen molar-refractivity contribution in [2.24, 2.45) is 0 Å². The third-order valence-corrected chi connectivity index (χ3v) is 2.76. The Hall–Kier alpha value is -1.97. The SMILES string of the molecule is Cc1ccc2c(ccn2C2COC(=O)O2)c1. The molecule has 1 aliphatic heterocycles. The van der Waals surface area contributed by atoms with Gasteiger partial charge in [-0.05, 0) is 30.5 Å². The zero-order chi connectivity index (χ0) is 11.1. The lowest BCUT2D eigenvalue weighted by Gasteiger charge is -2.10. The molecular weight excluding hydrogens is 206 g/mol.